The molecule has 0 spiro atoms. The zero-order valence-corrected chi connectivity index (χ0v) is 9.14. The Kier molecular flexibility index (Phi) is 3.75. The molecule has 14 heavy (non-hydrogen) atoms. The van der Waals surface area contributed by atoms with E-state index in [0.29, 0.717) is 6.04 Å². The van der Waals surface area contributed by atoms with Gasteiger partial charge in [-0.1, -0.05) is 6.42 Å². The summed E-state index contributed by atoms with van der Waals surface area (Å²) in [6.45, 7) is 1.90. The van der Waals surface area contributed by atoms with Crippen molar-refractivity contribution in [3.8, 4) is 0 Å². The summed E-state index contributed by atoms with van der Waals surface area (Å²) >= 11 is 0. The third-order valence-electron chi connectivity index (χ3n) is 2.81. The maximum absolute atomic E-state index is 7.41. The Bertz CT molecular complexity index is 338. The first-order valence-electron chi connectivity index (χ1n) is 4.89. The second-order valence-electron chi connectivity index (χ2n) is 3.72. The molecular formula is C9H16ClN3O. The van der Waals surface area contributed by atoms with Crippen molar-refractivity contribution in [1.29, 1.82) is 5.41 Å². The van der Waals surface area contributed by atoms with Gasteiger partial charge in [0.25, 0.3) is 5.55 Å². The van der Waals surface area contributed by atoms with Gasteiger partial charge >= 0.3 is 0 Å². The smallest absolute Gasteiger partial charge is 0.267 e. The van der Waals surface area contributed by atoms with Crippen LogP contribution in [-0.4, -0.2) is 0 Å². The molecule has 1 fully saturated rings. The minimum Gasteiger partial charge on any atom is -0.487 e. The number of halogens is 1. The van der Waals surface area contributed by atoms with Gasteiger partial charge in [-0.3, -0.25) is 10.7 Å². The molecule has 2 rings (SSSR count). The summed E-state index contributed by atoms with van der Waals surface area (Å²) in [4.78, 5) is 0. The van der Waals surface area contributed by atoms with E-state index in [4.69, 9.17) is 9.93 Å². The Morgan fingerprint density at radius 1 is 1.36 bits per heavy atom. The van der Waals surface area contributed by atoms with Crippen molar-refractivity contribution in [2.75, 3.05) is 0 Å². The maximum Gasteiger partial charge on any atom is 0.267 e. The average molecular weight is 218 g/mol. The fraction of sp³-hybridized carbons (Fsp3) is 0.778. The van der Waals surface area contributed by atoms with Crippen LogP contribution in [0.4, 0.5) is 0 Å². The molecule has 0 saturated heterocycles. The van der Waals surface area contributed by atoms with Gasteiger partial charge in [-0.25, -0.2) is 4.68 Å². The van der Waals surface area contributed by atoms with Crippen LogP contribution in [0.2, 0.25) is 0 Å². The fourth-order valence-corrected chi connectivity index (χ4v) is 1.98. The standard InChI is InChI=1S/C9H15N3O.ClH/c1-7-9(10)13-11-12(7)8-5-3-2-4-6-8;/h8,10H,2-6H2,1H3;1H. The van der Waals surface area contributed by atoms with Crippen LogP contribution in [0.5, 0.6) is 0 Å². The lowest BCUT2D eigenvalue weighted by Gasteiger charge is -2.18. The molecule has 0 radical (unpaired) electrons. The van der Waals surface area contributed by atoms with E-state index in [1.807, 2.05) is 11.6 Å². The van der Waals surface area contributed by atoms with E-state index in [0.717, 1.165) is 5.69 Å². The fourth-order valence-electron chi connectivity index (χ4n) is 1.98. The van der Waals surface area contributed by atoms with Crippen LogP contribution in [0.15, 0.2) is 4.52 Å². The van der Waals surface area contributed by atoms with Crippen molar-refractivity contribution >= 4 is 12.4 Å². The summed E-state index contributed by atoms with van der Waals surface area (Å²) in [7, 11) is 0. The molecule has 4 nitrogen and oxygen atoms in total. The number of rotatable bonds is 1. The summed E-state index contributed by atoms with van der Waals surface area (Å²) < 4.78 is 6.70. The quantitative estimate of drug-likeness (QED) is 0.720. The first-order valence-corrected chi connectivity index (χ1v) is 4.89. The van der Waals surface area contributed by atoms with Crippen molar-refractivity contribution in [3.63, 3.8) is 0 Å². The monoisotopic (exact) mass is 217 g/mol. The SMILES string of the molecule is Cc1c(=N)o[n-][n+]1C1CCCCC1.Cl. The van der Waals surface area contributed by atoms with Crippen molar-refractivity contribution in [1.82, 2.24) is 5.27 Å². The topological polar surface area (TPSA) is 55.0 Å². The minimum atomic E-state index is 0. The van der Waals surface area contributed by atoms with Crippen LogP contribution >= 0.6 is 12.4 Å². The van der Waals surface area contributed by atoms with Crippen molar-refractivity contribution in [2.45, 2.75) is 45.1 Å². The molecule has 0 atom stereocenters. The number of hydrogen-bond acceptors (Lipinski definition) is 2. The Hall–Kier alpha value is -0.770. The molecule has 0 aliphatic heterocycles. The minimum absolute atomic E-state index is 0. The molecule has 80 valence electrons. The van der Waals surface area contributed by atoms with Crippen molar-refractivity contribution < 1.29 is 9.20 Å². The van der Waals surface area contributed by atoms with E-state index in [-0.39, 0.29) is 18.0 Å². The average Bonchev–Trinajstić information content (AvgIpc) is 2.49. The Morgan fingerprint density at radius 3 is 2.50 bits per heavy atom. The Labute approximate surface area is 89.2 Å². The predicted octanol–water partition coefficient (Wildman–Crippen LogP) is 1.24. The summed E-state index contributed by atoms with van der Waals surface area (Å²) in [5, 5.41) is 11.3. The van der Waals surface area contributed by atoms with E-state index in [1.54, 1.807) is 0 Å². The van der Waals surface area contributed by atoms with Crippen LogP contribution in [0.25, 0.3) is 0 Å². The summed E-state index contributed by atoms with van der Waals surface area (Å²) in [5.74, 6) is 0. The zero-order valence-electron chi connectivity index (χ0n) is 8.32. The first-order chi connectivity index (χ1) is 6.29. The van der Waals surface area contributed by atoms with Gasteiger partial charge in [-0.2, -0.15) is 0 Å². The molecule has 1 N–H and O–H groups in total. The maximum atomic E-state index is 7.41. The molecule has 0 unspecified atom stereocenters. The number of aromatic nitrogens is 2. The van der Waals surface area contributed by atoms with Gasteiger partial charge in [0.2, 0.25) is 5.69 Å². The van der Waals surface area contributed by atoms with Gasteiger partial charge < -0.3 is 4.52 Å². The van der Waals surface area contributed by atoms with Gasteiger partial charge in [0, 0.05) is 19.8 Å². The Morgan fingerprint density at radius 2 is 2.00 bits per heavy atom. The molecule has 0 aromatic carbocycles. The van der Waals surface area contributed by atoms with Gasteiger partial charge in [0.15, 0.2) is 6.04 Å². The lowest BCUT2D eigenvalue weighted by Crippen LogP contribution is -2.46. The largest absolute Gasteiger partial charge is 0.487 e. The highest BCUT2D eigenvalue weighted by Crippen LogP contribution is 2.22. The van der Waals surface area contributed by atoms with E-state index < -0.39 is 0 Å². The number of nitrogens with zero attached hydrogens (tertiary/aromatic N) is 2. The lowest BCUT2D eigenvalue weighted by molar-refractivity contribution is -0.796. The zero-order chi connectivity index (χ0) is 9.26. The second-order valence-corrected chi connectivity index (χ2v) is 3.72. The molecule has 0 bridgehead atoms. The molecule has 1 aromatic rings. The van der Waals surface area contributed by atoms with Crippen molar-refractivity contribution in [2.24, 2.45) is 0 Å². The third kappa shape index (κ3) is 2.00. The van der Waals surface area contributed by atoms with E-state index in [1.165, 1.54) is 32.1 Å². The molecular weight excluding hydrogens is 202 g/mol. The number of hydrogen-bond donors (Lipinski definition) is 1. The molecule has 1 aromatic heterocycles. The van der Waals surface area contributed by atoms with Crippen LogP contribution in [-0.2, 0) is 0 Å². The summed E-state index contributed by atoms with van der Waals surface area (Å²) in [5.41, 5.74) is 1.05. The van der Waals surface area contributed by atoms with Gasteiger partial charge in [0.1, 0.15) is 0 Å². The molecule has 0 amide bonds. The molecule has 1 heterocycles. The van der Waals surface area contributed by atoms with Crippen LogP contribution in [0, 0.1) is 12.3 Å². The van der Waals surface area contributed by atoms with Gasteiger partial charge in [-0.05, 0) is 12.8 Å². The van der Waals surface area contributed by atoms with Crippen LogP contribution < -0.4 is 15.5 Å². The highest BCUT2D eigenvalue weighted by atomic mass is 35.5. The van der Waals surface area contributed by atoms with E-state index >= 15 is 0 Å². The second kappa shape index (κ2) is 4.64. The molecule has 1 saturated carbocycles. The van der Waals surface area contributed by atoms with Crippen LogP contribution in [0.1, 0.15) is 43.8 Å². The third-order valence-corrected chi connectivity index (χ3v) is 2.81. The van der Waals surface area contributed by atoms with Crippen molar-refractivity contribution in [3.05, 3.63) is 11.2 Å². The first kappa shape index (κ1) is 11.3. The van der Waals surface area contributed by atoms with Gasteiger partial charge in [0.05, 0.1) is 0 Å². The van der Waals surface area contributed by atoms with Crippen LogP contribution in [0.3, 0.4) is 0 Å². The number of nitrogens with one attached hydrogen (secondary N) is 1. The molecule has 1 aliphatic carbocycles. The highest BCUT2D eigenvalue weighted by Gasteiger charge is 2.22. The normalized spacial score (nSPS) is 17.8. The molecule has 5 heteroatoms. The Balaban J connectivity index is 0.000000980. The van der Waals surface area contributed by atoms with Gasteiger partial charge in [-0.15, -0.1) is 12.4 Å². The summed E-state index contributed by atoms with van der Waals surface area (Å²) in [6.07, 6.45) is 6.24. The van der Waals surface area contributed by atoms with E-state index in [9.17, 15) is 0 Å². The molecule has 1 aliphatic rings. The summed E-state index contributed by atoms with van der Waals surface area (Å²) in [6, 6.07) is 0.469. The highest BCUT2D eigenvalue weighted by molar-refractivity contribution is 5.85. The predicted molar refractivity (Wildman–Crippen MR) is 52.2 cm³/mol. The lowest BCUT2D eigenvalue weighted by atomic mass is 9.95. The van der Waals surface area contributed by atoms with E-state index in [2.05, 4.69) is 5.27 Å².